The number of nitrogens with one attached hydrogen (secondary N) is 2. The first kappa shape index (κ1) is 42.3. The lowest BCUT2D eigenvalue weighted by atomic mass is 9.87. The van der Waals surface area contributed by atoms with Gasteiger partial charge < -0.3 is 24.8 Å². The summed E-state index contributed by atoms with van der Waals surface area (Å²) < 4.78 is 16.7. The highest BCUT2D eigenvalue weighted by Gasteiger charge is 2.38. The number of carbonyl (C=O) groups excluding carboxylic acids is 4. The average molecular weight is 663 g/mol. The van der Waals surface area contributed by atoms with Crippen LogP contribution in [0, 0.1) is 0 Å². The number of hydrogen-bond acceptors (Lipinski definition) is 7. The summed E-state index contributed by atoms with van der Waals surface area (Å²) in [5, 5.41) is 5.73. The predicted molar refractivity (Wildman–Crippen MR) is 188 cm³/mol. The van der Waals surface area contributed by atoms with E-state index in [0.29, 0.717) is 12.2 Å². The van der Waals surface area contributed by atoms with Crippen LogP contribution in [0.4, 0.5) is 0 Å². The van der Waals surface area contributed by atoms with Gasteiger partial charge in [0.1, 0.15) is 0 Å². The molecule has 3 atom stereocenters. The Morgan fingerprint density at radius 2 is 1.28 bits per heavy atom. The molecule has 9 nitrogen and oxygen atoms in total. The van der Waals surface area contributed by atoms with Crippen molar-refractivity contribution in [1.29, 1.82) is 0 Å². The number of amides is 2. The summed E-state index contributed by atoms with van der Waals surface area (Å²) in [5.74, 6) is -1.88. The van der Waals surface area contributed by atoms with Gasteiger partial charge in [-0.15, -0.1) is 0 Å². The first-order valence-electron chi connectivity index (χ1n) is 18.7. The Morgan fingerprint density at radius 1 is 0.745 bits per heavy atom. The van der Waals surface area contributed by atoms with E-state index in [0.717, 1.165) is 44.3 Å². The SMILES string of the molecule is CCCCCCCCCCCCCCCCCCOC(=O)/C=C/C(=O)N[C@@H]1CC(C(=O)OCC)=C[C@@H](OC(CC)CC)[C@H]1NC(C)=O. The molecule has 1 rings (SSSR count). The molecule has 0 aromatic carbocycles. The van der Waals surface area contributed by atoms with E-state index in [1.165, 1.54) is 90.4 Å². The second kappa shape index (κ2) is 27.3. The second-order valence-corrected chi connectivity index (χ2v) is 12.8. The third-order valence-corrected chi connectivity index (χ3v) is 8.70. The highest BCUT2D eigenvalue weighted by atomic mass is 16.5. The van der Waals surface area contributed by atoms with Crippen LogP contribution in [0.5, 0.6) is 0 Å². The molecule has 0 saturated heterocycles. The number of esters is 2. The van der Waals surface area contributed by atoms with E-state index in [-0.39, 0.29) is 25.0 Å². The van der Waals surface area contributed by atoms with Gasteiger partial charge in [-0.25, -0.2) is 9.59 Å². The minimum absolute atomic E-state index is 0.0885. The molecule has 0 fully saturated rings. The molecule has 0 aliphatic heterocycles. The van der Waals surface area contributed by atoms with Gasteiger partial charge in [0.05, 0.1) is 37.5 Å². The van der Waals surface area contributed by atoms with E-state index >= 15 is 0 Å². The minimum Gasteiger partial charge on any atom is -0.463 e. The van der Waals surface area contributed by atoms with E-state index in [1.54, 1.807) is 13.0 Å². The normalized spacial score (nSPS) is 17.8. The molecule has 0 bridgehead atoms. The monoisotopic (exact) mass is 662 g/mol. The topological polar surface area (TPSA) is 120 Å². The molecule has 0 heterocycles. The van der Waals surface area contributed by atoms with Crippen molar-refractivity contribution in [2.24, 2.45) is 0 Å². The van der Waals surface area contributed by atoms with Crippen molar-refractivity contribution in [1.82, 2.24) is 10.6 Å². The molecule has 0 unspecified atom stereocenters. The van der Waals surface area contributed by atoms with Crippen LogP contribution in [0.25, 0.3) is 0 Å². The van der Waals surface area contributed by atoms with Gasteiger partial charge >= 0.3 is 11.9 Å². The quantitative estimate of drug-likeness (QED) is 0.0523. The summed E-state index contributed by atoms with van der Waals surface area (Å²) in [6, 6.07) is -1.26. The maximum Gasteiger partial charge on any atom is 0.333 e. The molecule has 47 heavy (non-hydrogen) atoms. The van der Waals surface area contributed by atoms with Crippen LogP contribution in [0.3, 0.4) is 0 Å². The van der Waals surface area contributed by atoms with E-state index in [2.05, 4.69) is 17.6 Å². The number of hydrogen-bond donors (Lipinski definition) is 2. The van der Waals surface area contributed by atoms with Gasteiger partial charge in [0, 0.05) is 31.1 Å². The van der Waals surface area contributed by atoms with Gasteiger partial charge in [0.25, 0.3) is 0 Å². The summed E-state index contributed by atoms with van der Waals surface area (Å²) >= 11 is 0. The molecule has 1 aliphatic rings. The Labute approximate surface area is 285 Å². The average Bonchev–Trinajstić information content (AvgIpc) is 3.05. The standard InChI is InChI=1S/C38H66N2O7/c1-6-10-11-12-13-14-15-16-17-18-19-20-21-22-23-24-27-46-36(43)26-25-35(42)40-33-28-31(38(44)45-9-4)29-34(37(33)39-30(5)41)47-32(7-2)8-3/h25-26,29,32-34,37H,6-24,27-28H2,1-5H3,(H,39,41)(H,40,42)/b26-25+/t33-,34-,37+/m1/s1. The fourth-order valence-electron chi connectivity index (χ4n) is 5.97. The van der Waals surface area contributed by atoms with Gasteiger partial charge in [0.15, 0.2) is 0 Å². The van der Waals surface area contributed by atoms with E-state index in [9.17, 15) is 19.2 Å². The van der Waals surface area contributed by atoms with Crippen molar-refractivity contribution in [3.05, 3.63) is 23.8 Å². The Hall–Kier alpha value is -2.68. The maximum absolute atomic E-state index is 12.8. The first-order chi connectivity index (χ1) is 22.7. The molecule has 9 heteroatoms. The summed E-state index contributed by atoms with van der Waals surface area (Å²) in [6.45, 7) is 9.92. The molecule has 0 saturated carbocycles. The number of carbonyl (C=O) groups is 4. The van der Waals surface area contributed by atoms with Crippen molar-refractivity contribution in [3.63, 3.8) is 0 Å². The molecule has 270 valence electrons. The van der Waals surface area contributed by atoms with Gasteiger partial charge in [-0.05, 0) is 32.3 Å². The summed E-state index contributed by atoms with van der Waals surface area (Å²) in [6.07, 6.45) is 25.3. The van der Waals surface area contributed by atoms with Gasteiger partial charge in [-0.2, -0.15) is 0 Å². The van der Waals surface area contributed by atoms with Crippen molar-refractivity contribution in [2.75, 3.05) is 13.2 Å². The summed E-state index contributed by atoms with van der Waals surface area (Å²) in [7, 11) is 0. The molecular weight excluding hydrogens is 596 g/mol. The van der Waals surface area contributed by atoms with Crippen LogP contribution in [0.2, 0.25) is 0 Å². The fraction of sp³-hybridized carbons (Fsp3) is 0.789. The van der Waals surface area contributed by atoms with E-state index in [4.69, 9.17) is 14.2 Å². The molecular formula is C38H66N2O7. The fourth-order valence-corrected chi connectivity index (χ4v) is 5.97. The van der Waals surface area contributed by atoms with Crippen LogP contribution in [0.15, 0.2) is 23.8 Å². The Kier molecular flexibility index (Phi) is 24.6. The first-order valence-corrected chi connectivity index (χ1v) is 18.7. The van der Waals surface area contributed by atoms with Crippen LogP contribution in [-0.4, -0.2) is 61.3 Å². The smallest absolute Gasteiger partial charge is 0.333 e. The lowest BCUT2D eigenvalue weighted by Gasteiger charge is -2.38. The lowest BCUT2D eigenvalue weighted by molar-refractivity contribution is -0.139. The highest BCUT2D eigenvalue weighted by Crippen LogP contribution is 2.25. The predicted octanol–water partition coefficient (Wildman–Crippen LogP) is 7.80. The molecule has 0 radical (unpaired) electrons. The lowest BCUT2D eigenvalue weighted by Crippen LogP contribution is -2.59. The molecule has 0 spiro atoms. The molecule has 1 aliphatic carbocycles. The van der Waals surface area contributed by atoms with E-state index < -0.39 is 36.0 Å². The van der Waals surface area contributed by atoms with Gasteiger partial charge in [-0.1, -0.05) is 117 Å². The maximum atomic E-state index is 12.8. The summed E-state index contributed by atoms with van der Waals surface area (Å²) in [5.41, 5.74) is 0.372. The molecule has 0 aromatic heterocycles. The number of unbranched alkanes of at least 4 members (excludes halogenated alkanes) is 15. The van der Waals surface area contributed by atoms with Crippen LogP contribution < -0.4 is 10.6 Å². The van der Waals surface area contributed by atoms with Crippen LogP contribution in [0.1, 0.15) is 157 Å². The highest BCUT2D eigenvalue weighted by molar-refractivity contribution is 5.95. The van der Waals surface area contributed by atoms with Gasteiger partial charge in [0.2, 0.25) is 11.8 Å². The Morgan fingerprint density at radius 3 is 1.77 bits per heavy atom. The van der Waals surface area contributed by atoms with E-state index in [1.807, 2.05) is 13.8 Å². The third-order valence-electron chi connectivity index (χ3n) is 8.70. The van der Waals surface area contributed by atoms with Gasteiger partial charge in [-0.3, -0.25) is 9.59 Å². The van der Waals surface area contributed by atoms with Crippen LogP contribution in [-0.2, 0) is 33.4 Å². The number of rotatable bonds is 27. The third kappa shape index (κ3) is 20.3. The van der Waals surface area contributed by atoms with Crippen molar-refractivity contribution >= 4 is 23.8 Å². The zero-order chi connectivity index (χ0) is 34.7. The Bertz CT molecular complexity index is 944. The second-order valence-electron chi connectivity index (χ2n) is 12.8. The van der Waals surface area contributed by atoms with Crippen molar-refractivity contribution in [3.8, 4) is 0 Å². The molecule has 0 aromatic rings. The largest absolute Gasteiger partial charge is 0.463 e. The summed E-state index contributed by atoms with van der Waals surface area (Å²) in [4.78, 5) is 49.7. The zero-order valence-corrected chi connectivity index (χ0v) is 30.2. The Balaban J connectivity index is 2.39. The number of ether oxygens (including phenoxy) is 3. The zero-order valence-electron chi connectivity index (χ0n) is 30.2. The molecule has 2 amide bonds. The van der Waals surface area contributed by atoms with Crippen LogP contribution >= 0.6 is 0 Å². The van der Waals surface area contributed by atoms with Crippen molar-refractivity contribution < 1.29 is 33.4 Å². The van der Waals surface area contributed by atoms with Crippen molar-refractivity contribution in [2.45, 2.75) is 181 Å². The minimum atomic E-state index is -0.652. The molecule has 2 N–H and O–H groups in total.